The zero-order valence-corrected chi connectivity index (χ0v) is 10.7. The van der Waals surface area contributed by atoms with Crippen molar-refractivity contribution in [2.45, 2.75) is 41.0 Å². The second-order valence-corrected chi connectivity index (χ2v) is 5.29. The Morgan fingerprint density at radius 1 is 1.17 bits per heavy atom. The monoisotopic (exact) mass is 235 g/mol. The van der Waals surface area contributed by atoms with Gasteiger partial charge >= 0.3 is 84.6 Å². The molecule has 0 rings (SSSR count). The first-order valence-corrected chi connectivity index (χ1v) is 5.54. The molecular weight excluding hydrogens is 213 g/mol. The number of hydrogen-bond acceptors (Lipinski definition) is 1. The van der Waals surface area contributed by atoms with Gasteiger partial charge in [-0.1, -0.05) is 0 Å². The second kappa shape index (κ2) is 5.04. The van der Waals surface area contributed by atoms with E-state index in [-0.39, 0.29) is 0 Å². The SMILES string of the molecule is CCN(CC)C(=[Se])CC(C)(C)C. The molecule has 0 N–H and O–H groups in total. The molecule has 0 aromatic heterocycles. The molecule has 0 aromatic carbocycles. The van der Waals surface area contributed by atoms with Crippen LogP contribution < -0.4 is 0 Å². The van der Waals surface area contributed by atoms with E-state index >= 15 is 0 Å². The molecule has 12 heavy (non-hydrogen) atoms. The summed E-state index contributed by atoms with van der Waals surface area (Å²) < 4.78 is 1.40. The molecule has 0 bridgehead atoms. The van der Waals surface area contributed by atoms with Crippen molar-refractivity contribution in [1.29, 1.82) is 0 Å². The average Bonchev–Trinajstić information content (AvgIpc) is 1.85. The van der Waals surface area contributed by atoms with Gasteiger partial charge in [-0.05, 0) is 0 Å². The van der Waals surface area contributed by atoms with Crippen LogP contribution in [0.15, 0.2) is 0 Å². The van der Waals surface area contributed by atoms with Crippen molar-refractivity contribution in [3.63, 3.8) is 0 Å². The van der Waals surface area contributed by atoms with E-state index in [0.29, 0.717) is 5.41 Å². The molecule has 0 amide bonds. The van der Waals surface area contributed by atoms with Crippen LogP contribution in [0.4, 0.5) is 0 Å². The maximum atomic E-state index is 3.18. The van der Waals surface area contributed by atoms with Crippen molar-refractivity contribution >= 4 is 20.1 Å². The van der Waals surface area contributed by atoms with Crippen LogP contribution in [-0.4, -0.2) is 38.1 Å². The molecular formula is C10H21NSe. The maximum absolute atomic E-state index is 3.18. The van der Waals surface area contributed by atoms with Gasteiger partial charge in [-0.15, -0.1) is 0 Å². The molecule has 0 aliphatic rings. The van der Waals surface area contributed by atoms with E-state index in [1.807, 2.05) is 0 Å². The van der Waals surface area contributed by atoms with Crippen molar-refractivity contribution < 1.29 is 0 Å². The van der Waals surface area contributed by atoms with Gasteiger partial charge in [0.1, 0.15) is 0 Å². The summed E-state index contributed by atoms with van der Waals surface area (Å²) in [6.45, 7) is 13.4. The third-order valence-corrected chi connectivity index (χ3v) is 2.64. The molecule has 0 atom stereocenters. The molecule has 0 saturated heterocycles. The summed E-state index contributed by atoms with van der Waals surface area (Å²) in [6, 6.07) is 0. The third kappa shape index (κ3) is 4.95. The van der Waals surface area contributed by atoms with E-state index < -0.39 is 0 Å². The Labute approximate surface area is 84.9 Å². The van der Waals surface area contributed by atoms with Crippen molar-refractivity contribution in [2.24, 2.45) is 5.41 Å². The summed E-state index contributed by atoms with van der Waals surface area (Å²) in [6.07, 6.45) is 1.15. The topological polar surface area (TPSA) is 3.24 Å². The van der Waals surface area contributed by atoms with Crippen molar-refractivity contribution in [3.8, 4) is 0 Å². The van der Waals surface area contributed by atoms with Crippen LogP contribution in [0.5, 0.6) is 0 Å². The quantitative estimate of drug-likeness (QED) is 0.673. The predicted octanol–water partition coefficient (Wildman–Crippen LogP) is 2.06. The first kappa shape index (κ1) is 12.2. The molecule has 1 nitrogen and oxygen atoms in total. The van der Waals surface area contributed by atoms with E-state index in [4.69, 9.17) is 0 Å². The minimum atomic E-state index is 0.392. The van der Waals surface area contributed by atoms with Crippen LogP contribution in [-0.2, 0) is 0 Å². The van der Waals surface area contributed by atoms with Gasteiger partial charge in [0.15, 0.2) is 0 Å². The van der Waals surface area contributed by atoms with Gasteiger partial charge in [-0.2, -0.15) is 0 Å². The summed E-state index contributed by atoms with van der Waals surface area (Å²) in [5, 5.41) is 0. The Balaban J connectivity index is 4.02. The van der Waals surface area contributed by atoms with Crippen molar-refractivity contribution in [1.82, 2.24) is 4.90 Å². The Morgan fingerprint density at radius 2 is 1.58 bits per heavy atom. The van der Waals surface area contributed by atoms with Gasteiger partial charge in [-0.3, -0.25) is 0 Å². The molecule has 0 spiro atoms. The molecule has 0 aliphatic heterocycles. The first-order chi connectivity index (χ1) is 5.40. The van der Waals surface area contributed by atoms with Crippen LogP contribution in [0.3, 0.4) is 0 Å². The van der Waals surface area contributed by atoms with Crippen LogP contribution in [0.2, 0.25) is 0 Å². The first-order valence-electron chi connectivity index (χ1n) is 4.68. The molecule has 72 valence electrons. The molecule has 0 heterocycles. The fourth-order valence-corrected chi connectivity index (χ4v) is 2.59. The van der Waals surface area contributed by atoms with Gasteiger partial charge < -0.3 is 0 Å². The molecule has 0 fully saturated rings. The van der Waals surface area contributed by atoms with Gasteiger partial charge in [0.05, 0.1) is 0 Å². The molecule has 0 aliphatic carbocycles. The van der Waals surface area contributed by atoms with Crippen LogP contribution in [0.25, 0.3) is 0 Å². The molecule has 2 heteroatoms. The van der Waals surface area contributed by atoms with Crippen molar-refractivity contribution in [3.05, 3.63) is 0 Å². The Hall–Kier alpha value is 0.189. The summed E-state index contributed by atoms with van der Waals surface area (Å²) in [4.78, 5) is 2.38. The summed E-state index contributed by atoms with van der Waals surface area (Å²) in [7, 11) is 0. The Kier molecular flexibility index (Phi) is 5.11. The third-order valence-electron chi connectivity index (χ3n) is 1.80. The van der Waals surface area contributed by atoms with Gasteiger partial charge in [-0.25, -0.2) is 0 Å². The van der Waals surface area contributed by atoms with Gasteiger partial charge in [0, 0.05) is 0 Å². The van der Waals surface area contributed by atoms with Gasteiger partial charge in [0.25, 0.3) is 0 Å². The van der Waals surface area contributed by atoms with Gasteiger partial charge in [0.2, 0.25) is 0 Å². The zero-order valence-electron chi connectivity index (χ0n) is 8.98. The average molecular weight is 234 g/mol. The molecule has 0 saturated carbocycles. The normalized spacial score (nSPS) is 11.4. The molecule has 0 unspecified atom stereocenters. The van der Waals surface area contributed by atoms with Crippen molar-refractivity contribution in [2.75, 3.05) is 13.1 Å². The number of nitrogens with zero attached hydrogens (tertiary/aromatic N) is 1. The molecule has 0 aromatic rings. The standard InChI is InChI=1S/C10H21NSe/c1-6-11(7-2)9(12)8-10(3,4)5/h6-8H2,1-5H3. The van der Waals surface area contributed by atoms with E-state index in [1.54, 1.807) is 0 Å². The van der Waals surface area contributed by atoms with Crippen LogP contribution in [0.1, 0.15) is 41.0 Å². The Bertz CT molecular complexity index is 142. The fraction of sp³-hybridized carbons (Fsp3) is 0.900. The number of hydrogen-bond donors (Lipinski definition) is 0. The molecule has 0 radical (unpaired) electrons. The van der Waals surface area contributed by atoms with E-state index in [2.05, 4.69) is 55.1 Å². The zero-order chi connectivity index (χ0) is 9.78. The summed E-state index contributed by atoms with van der Waals surface area (Å²) >= 11 is 3.18. The second-order valence-electron chi connectivity index (χ2n) is 4.30. The summed E-state index contributed by atoms with van der Waals surface area (Å²) in [5.74, 6) is 0. The van der Waals surface area contributed by atoms with Crippen LogP contribution >= 0.6 is 0 Å². The van der Waals surface area contributed by atoms with E-state index in [9.17, 15) is 0 Å². The fourth-order valence-electron chi connectivity index (χ4n) is 1.14. The summed E-state index contributed by atoms with van der Waals surface area (Å²) in [5.41, 5.74) is 0.392. The van der Waals surface area contributed by atoms with E-state index in [1.165, 1.54) is 4.54 Å². The minimum absolute atomic E-state index is 0.392. The Morgan fingerprint density at radius 3 is 1.83 bits per heavy atom. The predicted molar refractivity (Wildman–Crippen MR) is 57.8 cm³/mol. The number of rotatable bonds is 4. The van der Waals surface area contributed by atoms with E-state index in [0.717, 1.165) is 19.5 Å². The van der Waals surface area contributed by atoms with Crippen LogP contribution in [0, 0.1) is 5.41 Å².